The molecule has 5 nitrogen and oxygen atoms in total. The second-order valence-corrected chi connectivity index (χ2v) is 5.45. The number of hydrogen-bond acceptors (Lipinski definition) is 4. The molecule has 0 fully saturated rings. The Bertz CT molecular complexity index is 570. The zero-order chi connectivity index (χ0) is 14.5. The number of halogens is 1. The van der Waals surface area contributed by atoms with Gasteiger partial charge >= 0.3 is 0 Å². The highest BCUT2D eigenvalue weighted by molar-refractivity contribution is 9.10. The van der Waals surface area contributed by atoms with Gasteiger partial charge in [0.05, 0.1) is 11.6 Å². The topological polar surface area (TPSA) is 65.1 Å². The van der Waals surface area contributed by atoms with Crippen LogP contribution in [0.25, 0.3) is 0 Å². The molecule has 0 aliphatic carbocycles. The maximum absolute atomic E-state index is 5.68. The zero-order valence-electron chi connectivity index (χ0n) is 11.6. The number of rotatable bonds is 6. The number of hydrogen-bond donors (Lipinski definition) is 2. The number of ether oxygens (including phenoxy) is 1. The second kappa shape index (κ2) is 6.88. The Kier molecular flexibility index (Phi) is 5.17. The molecule has 1 unspecified atom stereocenters. The summed E-state index contributed by atoms with van der Waals surface area (Å²) in [5.41, 5.74) is 5.19. The normalized spacial score (nSPS) is 12.4. The Morgan fingerprint density at radius 1 is 1.45 bits per heavy atom. The van der Waals surface area contributed by atoms with Crippen LogP contribution in [0.4, 0.5) is 0 Å². The van der Waals surface area contributed by atoms with Gasteiger partial charge in [0.25, 0.3) is 0 Å². The maximum atomic E-state index is 5.68. The summed E-state index contributed by atoms with van der Waals surface area (Å²) in [6.45, 7) is 0. The van der Waals surface area contributed by atoms with Crippen molar-refractivity contribution in [3.05, 3.63) is 46.2 Å². The lowest BCUT2D eigenvalue weighted by Gasteiger charge is -2.17. The van der Waals surface area contributed by atoms with Crippen LogP contribution in [0.2, 0.25) is 0 Å². The van der Waals surface area contributed by atoms with Gasteiger partial charge in [-0.15, -0.1) is 0 Å². The van der Waals surface area contributed by atoms with Gasteiger partial charge in [-0.3, -0.25) is 16.0 Å². The molecule has 1 aromatic carbocycles. The molecule has 0 amide bonds. The molecule has 1 aromatic heterocycles. The molecule has 1 heterocycles. The molecule has 0 spiro atoms. The summed E-state index contributed by atoms with van der Waals surface area (Å²) in [7, 11) is 3.60. The third-order valence-corrected chi connectivity index (χ3v) is 4.01. The van der Waals surface area contributed by atoms with Crippen molar-refractivity contribution in [2.24, 2.45) is 12.9 Å². The van der Waals surface area contributed by atoms with Gasteiger partial charge in [-0.05, 0) is 52.5 Å². The first-order chi connectivity index (χ1) is 9.65. The number of aromatic nitrogens is 2. The third-order valence-electron chi connectivity index (χ3n) is 3.39. The summed E-state index contributed by atoms with van der Waals surface area (Å²) in [5.74, 6) is 6.50. The minimum absolute atomic E-state index is 0.0899. The third kappa shape index (κ3) is 3.39. The Labute approximate surface area is 127 Å². The molecule has 2 rings (SSSR count). The van der Waals surface area contributed by atoms with Crippen LogP contribution in [0.1, 0.15) is 23.7 Å². The van der Waals surface area contributed by atoms with E-state index in [0.717, 1.165) is 28.6 Å². The predicted octanol–water partition coefficient (Wildman–Crippen LogP) is 2.33. The average Bonchev–Trinajstić information content (AvgIpc) is 2.85. The van der Waals surface area contributed by atoms with Gasteiger partial charge in [0.15, 0.2) is 0 Å². The zero-order valence-corrected chi connectivity index (χ0v) is 13.2. The van der Waals surface area contributed by atoms with E-state index in [4.69, 9.17) is 10.6 Å². The maximum Gasteiger partial charge on any atom is 0.133 e. The van der Waals surface area contributed by atoms with Crippen molar-refractivity contribution in [1.29, 1.82) is 0 Å². The van der Waals surface area contributed by atoms with Gasteiger partial charge in [-0.1, -0.05) is 6.07 Å². The van der Waals surface area contributed by atoms with Crippen LogP contribution in [0.15, 0.2) is 34.9 Å². The summed E-state index contributed by atoms with van der Waals surface area (Å²) < 4.78 is 8.05. The fraction of sp³-hybridized carbons (Fsp3) is 0.357. The summed E-state index contributed by atoms with van der Waals surface area (Å²) >= 11 is 3.50. The molecule has 20 heavy (non-hydrogen) atoms. The molecule has 0 saturated heterocycles. The number of methoxy groups -OCH3 is 1. The minimum Gasteiger partial charge on any atom is -0.496 e. The highest BCUT2D eigenvalue weighted by Gasteiger charge is 2.13. The van der Waals surface area contributed by atoms with E-state index in [2.05, 4.69) is 26.5 Å². The van der Waals surface area contributed by atoms with Crippen LogP contribution < -0.4 is 16.0 Å². The monoisotopic (exact) mass is 338 g/mol. The fourth-order valence-electron chi connectivity index (χ4n) is 2.18. The Hall–Kier alpha value is -1.37. The van der Waals surface area contributed by atoms with E-state index in [0.29, 0.717) is 0 Å². The van der Waals surface area contributed by atoms with Gasteiger partial charge in [-0.25, -0.2) is 0 Å². The SMILES string of the molecule is COc1ccc(C(CCc2ccnn2C)NN)cc1Br. The Morgan fingerprint density at radius 3 is 2.80 bits per heavy atom. The smallest absolute Gasteiger partial charge is 0.133 e. The highest BCUT2D eigenvalue weighted by atomic mass is 79.9. The molecule has 6 heteroatoms. The van der Waals surface area contributed by atoms with Crippen LogP contribution in [0.5, 0.6) is 5.75 Å². The molecule has 108 valence electrons. The second-order valence-electron chi connectivity index (χ2n) is 4.60. The lowest BCUT2D eigenvalue weighted by molar-refractivity contribution is 0.411. The van der Waals surface area contributed by atoms with Crippen molar-refractivity contribution in [3.63, 3.8) is 0 Å². The predicted molar refractivity (Wildman–Crippen MR) is 82.3 cm³/mol. The molecule has 0 aliphatic heterocycles. The molecular weight excluding hydrogens is 320 g/mol. The molecule has 0 aliphatic rings. The van der Waals surface area contributed by atoms with Crippen molar-refractivity contribution in [2.45, 2.75) is 18.9 Å². The molecule has 1 atom stereocenters. The number of benzene rings is 1. The van der Waals surface area contributed by atoms with Gasteiger partial charge in [0.1, 0.15) is 5.75 Å². The van der Waals surface area contributed by atoms with E-state index in [-0.39, 0.29) is 6.04 Å². The van der Waals surface area contributed by atoms with E-state index in [1.165, 1.54) is 5.69 Å². The van der Waals surface area contributed by atoms with E-state index in [1.807, 2.05) is 42.2 Å². The summed E-state index contributed by atoms with van der Waals surface area (Å²) in [6, 6.07) is 8.11. The van der Waals surface area contributed by atoms with Crippen molar-refractivity contribution in [3.8, 4) is 5.75 Å². The summed E-state index contributed by atoms with van der Waals surface area (Å²) in [4.78, 5) is 0. The number of nitrogens with one attached hydrogen (secondary N) is 1. The summed E-state index contributed by atoms with van der Waals surface area (Å²) in [5, 5.41) is 4.17. The van der Waals surface area contributed by atoms with Crippen molar-refractivity contribution >= 4 is 15.9 Å². The molecule has 2 aromatic rings. The van der Waals surface area contributed by atoms with Crippen LogP contribution >= 0.6 is 15.9 Å². The minimum atomic E-state index is 0.0899. The number of hydrazine groups is 1. The molecule has 0 saturated carbocycles. The molecular formula is C14H19BrN4O. The number of nitrogens with zero attached hydrogens (tertiary/aromatic N) is 2. The fourth-order valence-corrected chi connectivity index (χ4v) is 2.74. The standard InChI is InChI=1S/C14H19BrN4O/c1-19-11(7-8-17-19)4-5-13(18-16)10-3-6-14(20-2)12(15)9-10/h3,6-9,13,18H,4-5,16H2,1-2H3. The van der Waals surface area contributed by atoms with Crippen LogP contribution in [-0.2, 0) is 13.5 Å². The van der Waals surface area contributed by atoms with E-state index >= 15 is 0 Å². The Morgan fingerprint density at radius 2 is 2.25 bits per heavy atom. The van der Waals surface area contributed by atoms with Crippen molar-refractivity contribution in [2.75, 3.05) is 7.11 Å². The largest absolute Gasteiger partial charge is 0.496 e. The number of nitrogens with two attached hydrogens (primary N) is 1. The molecule has 0 radical (unpaired) electrons. The lowest BCUT2D eigenvalue weighted by Crippen LogP contribution is -2.28. The van der Waals surface area contributed by atoms with Crippen molar-refractivity contribution < 1.29 is 4.74 Å². The first kappa shape index (κ1) is 15.0. The van der Waals surface area contributed by atoms with Crippen LogP contribution in [-0.4, -0.2) is 16.9 Å². The molecule has 0 bridgehead atoms. The van der Waals surface area contributed by atoms with Crippen LogP contribution in [0.3, 0.4) is 0 Å². The van der Waals surface area contributed by atoms with E-state index in [9.17, 15) is 0 Å². The highest BCUT2D eigenvalue weighted by Crippen LogP contribution is 2.29. The van der Waals surface area contributed by atoms with Crippen molar-refractivity contribution in [1.82, 2.24) is 15.2 Å². The quantitative estimate of drug-likeness (QED) is 0.626. The number of aryl methyl sites for hydroxylation is 2. The van der Waals surface area contributed by atoms with Gasteiger partial charge < -0.3 is 4.74 Å². The van der Waals surface area contributed by atoms with E-state index in [1.54, 1.807) is 7.11 Å². The first-order valence-electron chi connectivity index (χ1n) is 6.42. The van der Waals surface area contributed by atoms with Gasteiger partial charge in [-0.2, -0.15) is 5.10 Å². The van der Waals surface area contributed by atoms with Gasteiger partial charge in [0, 0.05) is 25.0 Å². The average molecular weight is 339 g/mol. The lowest BCUT2D eigenvalue weighted by atomic mass is 10.0. The van der Waals surface area contributed by atoms with Crippen LogP contribution in [0, 0.1) is 0 Å². The van der Waals surface area contributed by atoms with Gasteiger partial charge in [0.2, 0.25) is 0 Å². The Balaban J connectivity index is 2.08. The molecule has 3 N–H and O–H groups in total. The van der Waals surface area contributed by atoms with E-state index < -0.39 is 0 Å². The first-order valence-corrected chi connectivity index (χ1v) is 7.21. The summed E-state index contributed by atoms with van der Waals surface area (Å²) in [6.07, 6.45) is 3.62.